The van der Waals surface area contributed by atoms with Gasteiger partial charge in [0.25, 0.3) is 0 Å². The third kappa shape index (κ3) is 3.44. The van der Waals surface area contributed by atoms with Crippen molar-refractivity contribution in [1.82, 2.24) is 4.90 Å². The Morgan fingerprint density at radius 1 is 1.43 bits per heavy atom. The number of anilines is 1. The summed E-state index contributed by atoms with van der Waals surface area (Å²) in [5.41, 5.74) is 2.92. The number of rotatable bonds is 4. The molecule has 1 saturated heterocycles. The SMILES string of the molecule is CCC1SC(=S)N(CC(=O)Nc2cccc(C)c2C)C1=O. The van der Waals surface area contributed by atoms with Crippen molar-refractivity contribution in [3.63, 3.8) is 0 Å². The summed E-state index contributed by atoms with van der Waals surface area (Å²) in [5.74, 6) is -0.291. The fourth-order valence-corrected chi connectivity index (χ4v) is 3.54. The lowest BCUT2D eigenvalue weighted by Gasteiger charge is -2.16. The predicted molar refractivity (Wildman–Crippen MR) is 90.5 cm³/mol. The molecular weight excluding hydrogens is 304 g/mol. The fraction of sp³-hybridized carbons (Fsp3) is 0.400. The maximum atomic E-state index is 12.1. The van der Waals surface area contributed by atoms with Gasteiger partial charge in [0.1, 0.15) is 10.9 Å². The zero-order valence-electron chi connectivity index (χ0n) is 12.3. The molecule has 21 heavy (non-hydrogen) atoms. The maximum Gasteiger partial charge on any atom is 0.244 e. The predicted octanol–water partition coefficient (Wildman–Crippen LogP) is 2.88. The Morgan fingerprint density at radius 2 is 2.14 bits per heavy atom. The second kappa shape index (κ2) is 6.58. The van der Waals surface area contributed by atoms with E-state index in [9.17, 15) is 9.59 Å². The van der Waals surface area contributed by atoms with Crippen molar-refractivity contribution in [2.24, 2.45) is 0 Å². The van der Waals surface area contributed by atoms with Crippen molar-refractivity contribution in [1.29, 1.82) is 0 Å². The van der Waals surface area contributed by atoms with Crippen LogP contribution in [0.5, 0.6) is 0 Å². The minimum atomic E-state index is -0.225. The lowest BCUT2D eigenvalue weighted by Crippen LogP contribution is -2.38. The number of benzene rings is 1. The molecule has 1 heterocycles. The van der Waals surface area contributed by atoms with E-state index in [1.807, 2.05) is 39.0 Å². The molecule has 0 bridgehead atoms. The summed E-state index contributed by atoms with van der Waals surface area (Å²) in [6, 6.07) is 5.74. The summed E-state index contributed by atoms with van der Waals surface area (Å²) in [6.45, 7) is 5.87. The van der Waals surface area contributed by atoms with E-state index in [2.05, 4.69) is 5.32 Å². The number of carbonyl (C=O) groups is 2. The quantitative estimate of drug-likeness (QED) is 0.866. The van der Waals surface area contributed by atoms with Gasteiger partial charge in [-0.2, -0.15) is 0 Å². The smallest absolute Gasteiger partial charge is 0.244 e. The molecule has 112 valence electrons. The van der Waals surface area contributed by atoms with Gasteiger partial charge in [0, 0.05) is 5.69 Å². The van der Waals surface area contributed by atoms with Crippen molar-refractivity contribution < 1.29 is 9.59 Å². The van der Waals surface area contributed by atoms with E-state index in [0.29, 0.717) is 4.32 Å². The summed E-state index contributed by atoms with van der Waals surface area (Å²) in [4.78, 5) is 25.6. The van der Waals surface area contributed by atoms with Gasteiger partial charge in [-0.05, 0) is 37.5 Å². The maximum absolute atomic E-state index is 12.1. The number of hydrogen-bond donors (Lipinski definition) is 1. The average molecular weight is 322 g/mol. The molecule has 1 unspecified atom stereocenters. The van der Waals surface area contributed by atoms with Crippen LogP contribution in [0.3, 0.4) is 0 Å². The molecule has 1 atom stereocenters. The van der Waals surface area contributed by atoms with Gasteiger partial charge in [0.05, 0.1) is 5.25 Å². The van der Waals surface area contributed by atoms with E-state index in [1.165, 1.54) is 16.7 Å². The van der Waals surface area contributed by atoms with Gasteiger partial charge in [-0.25, -0.2) is 0 Å². The van der Waals surface area contributed by atoms with Crippen molar-refractivity contribution >= 4 is 45.8 Å². The highest BCUT2D eigenvalue weighted by atomic mass is 32.2. The van der Waals surface area contributed by atoms with Crippen molar-refractivity contribution in [3.8, 4) is 0 Å². The Labute approximate surface area is 134 Å². The minimum Gasteiger partial charge on any atom is -0.324 e. The Balaban J connectivity index is 2.04. The molecule has 1 aliphatic heterocycles. The highest BCUT2D eigenvalue weighted by Crippen LogP contribution is 2.29. The van der Waals surface area contributed by atoms with Crippen molar-refractivity contribution in [3.05, 3.63) is 29.3 Å². The number of hydrogen-bond acceptors (Lipinski definition) is 4. The van der Waals surface area contributed by atoms with Crippen LogP contribution in [-0.2, 0) is 9.59 Å². The lowest BCUT2D eigenvalue weighted by molar-refractivity contribution is -0.129. The van der Waals surface area contributed by atoms with Gasteiger partial charge in [-0.1, -0.05) is 43.0 Å². The van der Waals surface area contributed by atoms with Crippen LogP contribution in [-0.4, -0.2) is 32.8 Å². The van der Waals surface area contributed by atoms with Crippen LogP contribution in [0.2, 0.25) is 0 Å². The molecule has 0 spiro atoms. The third-order valence-corrected chi connectivity index (χ3v) is 5.31. The Bertz CT molecular complexity index is 601. The standard InChI is InChI=1S/C15H18N2O2S2/c1-4-12-14(19)17(15(20)21-12)8-13(18)16-11-7-5-6-9(2)10(11)3/h5-7,12H,4,8H2,1-3H3,(H,16,18). The minimum absolute atomic E-state index is 0.0193. The molecule has 4 nitrogen and oxygen atoms in total. The van der Waals surface area contributed by atoms with Crippen LogP contribution in [0.1, 0.15) is 24.5 Å². The van der Waals surface area contributed by atoms with E-state index >= 15 is 0 Å². The average Bonchev–Trinajstić information content (AvgIpc) is 2.71. The Kier molecular flexibility index (Phi) is 5.00. The van der Waals surface area contributed by atoms with Crippen LogP contribution >= 0.6 is 24.0 Å². The van der Waals surface area contributed by atoms with Gasteiger partial charge >= 0.3 is 0 Å². The number of amides is 2. The molecule has 2 rings (SSSR count). The first-order chi connectivity index (χ1) is 9.93. The van der Waals surface area contributed by atoms with Gasteiger partial charge in [-0.15, -0.1) is 0 Å². The zero-order chi connectivity index (χ0) is 15.6. The second-order valence-electron chi connectivity index (χ2n) is 5.00. The number of nitrogens with one attached hydrogen (secondary N) is 1. The number of carbonyl (C=O) groups excluding carboxylic acids is 2. The number of thiocarbonyl (C=S) groups is 1. The topological polar surface area (TPSA) is 49.4 Å². The molecule has 6 heteroatoms. The summed E-state index contributed by atoms with van der Waals surface area (Å²) in [6.07, 6.45) is 0.721. The Hall–Kier alpha value is -1.40. The van der Waals surface area contributed by atoms with E-state index in [-0.39, 0.29) is 23.6 Å². The Morgan fingerprint density at radius 3 is 2.76 bits per heavy atom. The van der Waals surface area contributed by atoms with Gasteiger partial charge < -0.3 is 5.32 Å². The fourth-order valence-electron chi connectivity index (χ4n) is 2.12. The van der Waals surface area contributed by atoms with Crippen LogP contribution in [0.25, 0.3) is 0 Å². The lowest BCUT2D eigenvalue weighted by atomic mass is 10.1. The highest BCUT2D eigenvalue weighted by molar-refractivity contribution is 8.24. The summed E-state index contributed by atoms with van der Waals surface area (Å²) < 4.78 is 0.489. The first-order valence-corrected chi connectivity index (χ1v) is 8.11. The van der Waals surface area contributed by atoms with Crippen molar-refractivity contribution in [2.75, 3.05) is 11.9 Å². The van der Waals surface area contributed by atoms with Crippen LogP contribution in [0.15, 0.2) is 18.2 Å². The van der Waals surface area contributed by atoms with E-state index < -0.39 is 0 Å². The molecule has 0 radical (unpaired) electrons. The number of thioether (sulfide) groups is 1. The molecule has 1 aliphatic rings. The molecule has 1 N–H and O–H groups in total. The first kappa shape index (κ1) is 16.0. The molecule has 1 aromatic carbocycles. The molecular formula is C15H18N2O2S2. The number of aryl methyl sites for hydroxylation is 1. The van der Waals surface area contributed by atoms with E-state index in [1.54, 1.807) is 0 Å². The second-order valence-corrected chi connectivity index (χ2v) is 6.84. The summed E-state index contributed by atoms with van der Waals surface area (Å²) >= 11 is 6.54. The van der Waals surface area contributed by atoms with Gasteiger partial charge in [-0.3, -0.25) is 14.5 Å². The molecule has 1 fully saturated rings. The van der Waals surface area contributed by atoms with Crippen LogP contribution in [0.4, 0.5) is 5.69 Å². The highest BCUT2D eigenvalue weighted by Gasteiger charge is 2.36. The van der Waals surface area contributed by atoms with Crippen LogP contribution < -0.4 is 5.32 Å². The molecule has 0 saturated carbocycles. The van der Waals surface area contributed by atoms with Crippen molar-refractivity contribution in [2.45, 2.75) is 32.4 Å². The summed E-state index contributed by atoms with van der Waals surface area (Å²) in [7, 11) is 0. The monoisotopic (exact) mass is 322 g/mol. The summed E-state index contributed by atoms with van der Waals surface area (Å²) in [5, 5.41) is 2.70. The van der Waals surface area contributed by atoms with E-state index in [4.69, 9.17) is 12.2 Å². The van der Waals surface area contributed by atoms with E-state index in [0.717, 1.165) is 23.2 Å². The number of nitrogens with zero attached hydrogens (tertiary/aromatic N) is 1. The molecule has 0 aromatic heterocycles. The largest absolute Gasteiger partial charge is 0.324 e. The van der Waals surface area contributed by atoms with Gasteiger partial charge in [0.15, 0.2) is 0 Å². The first-order valence-electron chi connectivity index (χ1n) is 6.82. The van der Waals surface area contributed by atoms with Gasteiger partial charge in [0.2, 0.25) is 11.8 Å². The zero-order valence-corrected chi connectivity index (χ0v) is 13.9. The normalized spacial score (nSPS) is 18.2. The molecule has 1 aromatic rings. The third-order valence-electron chi connectivity index (χ3n) is 3.56. The molecule has 0 aliphatic carbocycles. The van der Waals surface area contributed by atoms with Crippen LogP contribution in [0, 0.1) is 13.8 Å². The molecule has 2 amide bonds.